The molecule has 1 fully saturated rings. The first-order valence-corrected chi connectivity index (χ1v) is 11.5. The quantitative estimate of drug-likeness (QED) is 0.236. The number of benzene rings is 2. The first kappa shape index (κ1) is 25.3. The van der Waals surface area contributed by atoms with Crippen LogP contribution in [0.15, 0.2) is 48.0 Å². The van der Waals surface area contributed by atoms with Gasteiger partial charge < -0.3 is 24.2 Å². The van der Waals surface area contributed by atoms with E-state index in [0.29, 0.717) is 43.2 Å². The minimum absolute atomic E-state index is 0.0754. The van der Waals surface area contributed by atoms with Crippen molar-refractivity contribution in [2.24, 2.45) is 0 Å². The van der Waals surface area contributed by atoms with Crippen LogP contribution in [-0.4, -0.2) is 55.7 Å². The molecule has 1 aliphatic rings. The number of aliphatic hydroxyl groups excluding tert-OH is 1. The van der Waals surface area contributed by atoms with E-state index >= 15 is 0 Å². The third-order valence-electron chi connectivity index (χ3n) is 5.92. The number of carbonyl (C=O) groups excluding carboxylic acids is 2. The molecule has 0 radical (unpaired) electrons. The van der Waals surface area contributed by atoms with Crippen molar-refractivity contribution in [3.8, 4) is 11.5 Å². The molecule has 0 bridgehead atoms. The Kier molecular flexibility index (Phi) is 8.34. The van der Waals surface area contributed by atoms with Gasteiger partial charge >= 0.3 is 0 Å². The maximum atomic E-state index is 13.2. The predicted octanol–water partition coefficient (Wildman–Crippen LogP) is 4.68. The molecule has 7 heteroatoms. The molecule has 1 atom stereocenters. The molecule has 0 saturated carbocycles. The van der Waals surface area contributed by atoms with Gasteiger partial charge in [-0.15, -0.1) is 0 Å². The smallest absolute Gasteiger partial charge is 0.295 e. The Bertz CT molecular complexity index is 1060. The summed E-state index contributed by atoms with van der Waals surface area (Å²) in [7, 11) is 3.19. The summed E-state index contributed by atoms with van der Waals surface area (Å²) >= 11 is 0. The molecule has 1 saturated heterocycles. The fourth-order valence-corrected chi connectivity index (χ4v) is 4.24. The Morgan fingerprint density at radius 3 is 2.38 bits per heavy atom. The Balaban J connectivity index is 2.13. The third-order valence-corrected chi connectivity index (χ3v) is 5.92. The molecule has 182 valence electrons. The van der Waals surface area contributed by atoms with Crippen molar-refractivity contribution < 1.29 is 28.9 Å². The number of hydrogen-bond donors (Lipinski definition) is 1. The molecule has 1 heterocycles. The van der Waals surface area contributed by atoms with Crippen molar-refractivity contribution in [2.75, 3.05) is 34.0 Å². The lowest BCUT2D eigenvalue weighted by atomic mass is 9.93. The molecule has 34 heavy (non-hydrogen) atoms. The lowest BCUT2D eigenvalue weighted by Gasteiger charge is -2.25. The molecule has 2 aromatic carbocycles. The topological polar surface area (TPSA) is 85.3 Å². The summed E-state index contributed by atoms with van der Waals surface area (Å²) in [5.41, 5.74) is 2.17. The van der Waals surface area contributed by atoms with Crippen LogP contribution in [0.4, 0.5) is 0 Å². The summed E-state index contributed by atoms with van der Waals surface area (Å²) in [5, 5.41) is 11.3. The first-order chi connectivity index (χ1) is 16.3. The number of ketones is 1. The van der Waals surface area contributed by atoms with Crippen molar-refractivity contribution in [2.45, 2.75) is 39.2 Å². The van der Waals surface area contributed by atoms with Crippen molar-refractivity contribution in [1.29, 1.82) is 0 Å². The molecule has 1 amide bonds. The number of nitrogens with zero attached hydrogens (tertiary/aromatic N) is 1. The Morgan fingerprint density at radius 1 is 1.09 bits per heavy atom. The van der Waals surface area contributed by atoms with Gasteiger partial charge in [-0.25, -0.2) is 0 Å². The van der Waals surface area contributed by atoms with E-state index in [0.717, 1.165) is 11.1 Å². The van der Waals surface area contributed by atoms with E-state index in [1.807, 2.05) is 39.0 Å². The van der Waals surface area contributed by atoms with E-state index in [2.05, 4.69) is 0 Å². The van der Waals surface area contributed by atoms with Crippen LogP contribution in [0.1, 0.15) is 55.8 Å². The lowest BCUT2D eigenvalue weighted by Crippen LogP contribution is -2.31. The van der Waals surface area contributed by atoms with Crippen molar-refractivity contribution >= 4 is 17.4 Å². The molecular weight excluding hydrogens is 434 g/mol. The van der Waals surface area contributed by atoms with Crippen LogP contribution < -0.4 is 9.47 Å². The average Bonchev–Trinajstić information content (AvgIpc) is 3.09. The Labute approximate surface area is 200 Å². The molecule has 0 spiro atoms. The van der Waals surface area contributed by atoms with Crippen molar-refractivity contribution in [1.82, 2.24) is 4.90 Å². The molecule has 1 N–H and O–H groups in total. The van der Waals surface area contributed by atoms with Gasteiger partial charge in [-0.3, -0.25) is 9.59 Å². The van der Waals surface area contributed by atoms with E-state index in [-0.39, 0.29) is 17.3 Å². The lowest BCUT2D eigenvalue weighted by molar-refractivity contribution is -0.140. The molecule has 0 aromatic heterocycles. The van der Waals surface area contributed by atoms with Crippen molar-refractivity contribution in [3.05, 3.63) is 64.7 Å². The second-order valence-corrected chi connectivity index (χ2v) is 8.45. The van der Waals surface area contributed by atoms with Gasteiger partial charge in [0.2, 0.25) is 0 Å². The highest BCUT2D eigenvalue weighted by atomic mass is 16.5. The zero-order valence-corrected chi connectivity index (χ0v) is 20.5. The number of amides is 1. The molecule has 7 nitrogen and oxygen atoms in total. The summed E-state index contributed by atoms with van der Waals surface area (Å²) in [5.74, 6) is 0.0101. The van der Waals surface area contributed by atoms with Gasteiger partial charge in [0.25, 0.3) is 11.7 Å². The van der Waals surface area contributed by atoms with Crippen LogP contribution in [0.25, 0.3) is 5.76 Å². The number of hydrogen-bond acceptors (Lipinski definition) is 6. The summed E-state index contributed by atoms with van der Waals surface area (Å²) in [6.45, 7) is 7.26. The van der Waals surface area contributed by atoms with Crippen molar-refractivity contribution in [3.63, 3.8) is 0 Å². The molecular formula is C27H33NO6. The van der Waals surface area contributed by atoms with E-state index < -0.39 is 17.7 Å². The SMILES string of the molecule is CCOc1ccc(C2/C(=C(/O)c3ccc(OC)c(C(C)C)c3)C(=O)C(=O)N2CCCOC)cc1. The molecule has 0 aliphatic carbocycles. The minimum Gasteiger partial charge on any atom is -0.507 e. The highest BCUT2D eigenvalue weighted by Crippen LogP contribution is 2.40. The number of carbonyl (C=O) groups is 2. The summed E-state index contributed by atoms with van der Waals surface area (Å²) in [6, 6.07) is 11.8. The summed E-state index contributed by atoms with van der Waals surface area (Å²) in [4.78, 5) is 27.7. The van der Waals surface area contributed by atoms with Gasteiger partial charge in [-0.2, -0.15) is 0 Å². The Hall–Kier alpha value is -3.32. The molecule has 3 rings (SSSR count). The van der Waals surface area contributed by atoms with Gasteiger partial charge in [0.1, 0.15) is 17.3 Å². The predicted molar refractivity (Wildman–Crippen MR) is 130 cm³/mol. The number of Topliss-reactive ketones (excluding diaryl/α,β-unsaturated/α-hetero) is 1. The second kappa shape index (κ2) is 11.2. The van der Waals surface area contributed by atoms with E-state index in [1.165, 1.54) is 4.90 Å². The van der Waals surface area contributed by atoms with Crippen LogP contribution in [-0.2, 0) is 14.3 Å². The fraction of sp³-hybridized carbons (Fsp3) is 0.407. The summed E-state index contributed by atoms with van der Waals surface area (Å²) in [6.07, 6.45) is 0.567. The zero-order chi connectivity index (χ0) is 24.8. The molecule has 2 aromatic rings. The van der Waals surface area contributed by atoms with Gasteiger partial charge in [-0.05, 0) is 60.7 Å². The molecule has 1 aliphatic heterocycles. The minimum atomic E-state index is -0.711. The summed E-state index contributed by atoms with van der Waals surface area (Å²) < 4.78 is 16.1. The monoisotopic (exact) mass is 467 g/mol. The maximum absolute atomic E-state index is 13.2. The standard InChI is InChI=1S/C27H33NO6/c1-6-34-20-11-8-18(9-12-20)24-23(26(30)27(31)28(24)14-7-15-32-4)25(29)19-10-13-22(33-5)21(16-19)17(2)3/h8-13,16-17,24,29H,6-7,14-15H2,1-5H3/b25-23-. The third kappa shape index (κ3) is 5.09. The number of methoxy groups -OCH3 is 2. The van der Waals surface area contributed by atoms with Crippen LogP contribution in [0.3, 0.4) is 0 Å². The van der Waals surface area contributed by atoms with E-state index in [4.69, 9.17) is 14.2 Å². The van der Waals surface area contributed by atoms with Gasteiger partial charge in [0.15, 0.2) is 0 Å². The zero-order valence-electron chi connectivity index (χ0n) is 20.5. The van der Waals surface area contributed by atoms with Crippen LogP contribution in [0.5, 0.6) is 11.5 Å². The van der Waals surface area contributed by atoms with E-state index in [9.17, 15) is 14.7 Å². The van der Waals surface area contributed by atoms with Gasteiger partial charge in [0.05, 0.1) is 25.3 Å². The fourth-order valence-electron chi connectivity index (χ4n) is 4.24. The number of aliphatic hydroxyl groups is 1. The van der Waals surface area contributed by atoms with Crippen LogP contribution >= 0.6 is 0 Å². The van der Waals surface area contributed by atoms with Gasteiger partial charge in [0, 0.05) is 25.8 Å². The largest absolute Gasteiger partial charge is 0.507 e. The normalized spacial score (nSPS) is 17.5. The first-order valence-electron chi connectivity index (χ1n) is 11.5. The maximum Gasteiger partial charge on any atom is 0.295 e. The highest BCUT2D eigenvalue weighted by molar-refractivity contribution is 6.46. The van der Waals surface area contributed by atoms with Gasteiger partial charge in [-0.1, -0.05) is 26.0 Å². The second-order valence-electron chi connectivity index (χ2n) is 8.45. The molecule has 1 unspecified atom stereocenters. The number of ether oxygens (including phenoxy) is 3. The number of likely N-dealkylation sites (tertiary alicyclic amines) is 1. The number of rotatable bonds is 10. The average molecular weight is 468 g/mol. The Morgan fingerprint density at radius 2 is 1.79 bits per heavy atom. The van der Waals surface area contributed by atoms with Crippen LogP contribution in [0.2, 0.25) is 0 Å². The van der Waals surface area contributed by atoms with E-state index in [1.54, 1.807) is 38.5 Å². The highest BCUT2D eigenvalue weighted by Gasteiger charge is 2.45. The van der Waals surface area contributed by atoms with Crippen LogP contribution in [0, 0.1) is 0 Å².